The molecule has 2 heterocycles. The van der Waals surface area contributed by atoms with Gasteiger partial charge in [-0.3, -0.25) is 9.48 Å². The average Bonchev–Trinajstić information content (AvgIpc) is 2.75. The Morgan fingerprint density at radius 1 is 1.57 bits per heavy atom. The van der Waals surface area contributed by atoms with Crippen LogP contribution in [-0.4, -0.2) is 46.0 Å². The second kappa shape index (κ2) is 7.90. The van der Waals surface area contributed by atoms with Crippen molar-refractivity contribution in [1.82, 2.24) is 15.1 Å². The molecule has 0 aromatic carbocycles. The lowest BCUT2D eigenvalue weighted by Crippen LogP contribution is -2.39. The van der Waals surface area contributed by atoms with Crippen LogP contribution in [0, 0.1) is 0 Å². The molecule has 0 aliphatic carbocycles. The lowest BCUT2D eigenvalue weighted by molar-refractivity contribution is -0.142. The molecule has 1 aliphatic rings. The van der Waals surface area contributed by atoms with Crippen LogP contribution >= 0.6 is 24.2 Å². The van der Waals surface area contributed by atoms with Crippen LogP contribution in [-0.2, 0) is 11.3 Å². The molecule has 0 bridgehead atoms. The van der Waals surface area contributed by atoms with E-state index in [0.717, 1.165) is 22.7 Å². The molecule has 2 N–H and O–H groups in total. The number of amides is 1. The summed E-state index contributed by atoms with van der Waals surface area (Å²) < 4.78 is 37.2. The zero-order valence-corrected chi connectivity index (χ0v) is 12.7. The highest BCUT2D eigenvalue weighted by Crippen LogP contribution is 2.18. The monoisotopic (exact) mass is 344 g/mol. The predicted octanol–water partition coefficient (Wildman–Crippen LogP) is 1.90. The minimum absolute atomic E-state index is 0. The lowest BCUT2D eigenvalue weighted by Gasteiger charge is -2.22. The van der Waals surface area contributed by atoms with Crippen molar-refractivity contribution in [1.29, 1.82) is 0 Å². The highest BCUT2D eigenvalue weighted by Gasteiger charge is 2.28. The van der Waals surface area contributed by atoms with Crippen molar-refractivity contribution in [2.45, 2.75) is 25.2 Å². The van der Waals surface area contributed by atoms with E-state index in [4.69, 9.17) is 0 Å². The number of nitrogens with zero attached hydrogens (tertiary/aromatic N) is 2. The maximum absolute atomic E-state index is 12.2. The standard InChI is InChI=1S/C11H15F3N4OS.ClH/c12-11(13,14)7-18-5-9(4-16-18)17-10(19)3-8-6-20-2-1-15-8;/h4-5,8,15H,1-3,6-7H2,(H,17,19);1H. The normalized spacial score (nSPS) is 18.9. The SMILES string of the molecule is Cl.O=C(CC1CSCCN1)Nc1cnn(CC(F)(F)F)c1. The lowest BCUT2D eigenvalue weighted by atomic mass is 10.2. The molecule has 1 fully saturated rings. The summed E-state index contributed by atoms with van der Waals surface area (Å²) in [6.45, 7) is -0.296. The van der Waals surface area contributed by atoms with Crippen molar-refractivity contribution in [3.8, 4) is 0 Å². The molecule has 0 radical (unpaired) electrons. The van der Waals surface area contributed by atoms with Crippen LogP contribution < -0.4 is 10.6 Å². The summed E-state index contributed by atoms with van der Waals surface area (Å²) in [4.78, 5) is 11.8. The van der Waals surface area contributed by atoms with Crippen LogP contribution in [0.2, 0.25) is 0 Å². The molecule has 1 aliphatic heterocycles. The molecule has 1 atom stereocenters. The van der Waals surface area contributed by atoms with Gasteiger partial charge in [-0.15, -0.1) is 12.4 Å². The third kappa shape index (κ3) is 6.58. The molecule has 10 heteroatoms. The van der Waals surface area contributed by atoms with Gasteiger partial charge in [0.2, 0.25) is 5.91 Å². The fourth-order valence-corrected chi connectivity index (χ4v) is 2.83. The number of carbonyl (C=O) groups excluding carboxylic acids is 1. The molecule has 0 saturated carbocycles. The van der Waals surface area contributed by atoms with E-state index in [1.807, 2.05) is 0 Å². The fourth-order valence-electron chi connectivity index (χ4n) is 1.88. The van der Waals surface area contributed by atoms with Crippen molar-refractivity contribution in [2.75, 3.05) is 23.4 Å². The van der Waals surface area contributed by atoms with E-state index < -0.39 is 12.7 Å². The van der Waals surface area contributed by atoms with Gasteiger partial charge in [-0.05, 0) is 0 Å². The van der Waals surface area contributed by atoms with Gasteiger partial charge in [0.05, 0.1) is 11.9 Å². The molecule has 1 saturated heterocycles. The van der Waals surface area contributed by atoms with Crippen molar-refractivity contribution in [3.05, 3.63) is 12.4 Å². The first-order valence-electron chi connectivity index (χ1n) is 6.12. The number of rotatable bonds is 4. The van der Waals surface area contributed by atoms with Gasteiger partial charge in [-0.1, -0.05) is 0 Å². The smallest absolute Gasteiger partial charge is 0.323 e. The van der Waals surface area contributed by atoms with Crippen molar-refractivity contribution < 1.29 is 18.0 Å². The minimum Gasteiger partial charge on any atom is -0.323 e. The van der Waals surface area contributed by atoms with Gasteiger partial charge < -0.3 is 10.6 Å². The molecule has 5 nitrogen and oxygen atoms in total. The summed E-state index contributed by atoms with van der Waals surface area (Å²) in [6, 6.07) is 0.110. The molecule has 0 spiro atoms. The van der Waals surface area contributed by atoms with E-state index in [9.17, 15) is 18.0 Å². The highest BCUT2D eigenvalue weighted by molar-refractivity contribution is 7.99. The van der Waals surface area contributed by atoms with Crippen LogP contribution in [0.1, 0.15) is 6.42 Å². The maximum atomic E-state index is 12.2. The molecule has 1 unspecified atom stereocenters. The van der Waals surface area contributed by atoms with Gasteiger partial charge in [0, 0.05) is 36.7 Å². The predicted molar refractivity (Wildman–Crippen MR) is 77.9 cm³/mol. The van der Waals surface area contributed by atoms with Crippen molar-refractivity contribution in [2.24, 2.45) is 0 Å². The van der Waals surface area contributed by atoms with E-state index >= 15 is 0 Å². The van der Waals surface area contributed by atoms with Crippen molar-refractivity contribution in [3.63, 3.8) is 0 Å². The third-order valence-corrected chi connectivity index (χ3v) is 3.82. The van der Waals surface area contributed by atoms with Crippen molar-refractivity contribution >= 4 is 35.8 Å². The number of halogens is 4. The summed E-state index contributed by atoms with van der Waals surface area (Å²) in [5, 5.41) is 9.34. The summed E-state index contributed by atoms with van der Waals surface area (Å²) in [5.74, 6) is 1.67. The van der Waals surface area contributed by atoms with E-state index in [0.29, 0.717) is 6.42 Å². The first-order valence-corrected chi connectivity index (χ1v) is 7.28. The minimum atomic E-state index is -4.32. The number of hydrogen-bond donors (Lipinski definition) is 2. The Labute approximate surface area is 130 Å². The Morgan fingerprint density at radius 2 is 2.33 bits per heavy atom. The van der Waals surface area contributed by atoms with Crippen LogP contribution in [0.3, 0.4) is 0 Å². The number of carbonyl (C=O) groups is 1. The van der Waals surface area contributed by atoms with Crippen LogP contribution in [0.15, 0.2) is 12.4 Å². The zero-order valence-electron chi connectivity index (χ0n) is 11.0. The number of alkyl halides is 3. The number of anilines is 1. The van der Waals surface area contributed by atoms with Gasteiger partial charge >= 0.3 is 6.18 Å². The molecule has 2 rings (SSSR count). The first kappa shape index (κ1) is 18.1. The molecule has 120 valence electrons. The average molecular weight is 345 g/mol. The topological polar surface area (TPSA) is 59.0 Å². The second-order valence-corrected chi connectivity index (χ2v) is 5.67. The molecule has 1 aromatic rings. The quantitative estimate of drug-likeness (QED) is 0.876. The van der Waals surface area contributed by atoms with Gasteiger partial charge in [-0.25, -0.2) is 0 Å². The van der Waals surface area contributed by atoms with Gasteiger partial charge in [0.1, 0.15) is 6.54 Å². The van der Waals surface area contributed by atoms with E-state index in [2.05, 4.69) is 15.7 Å². The Kier molecular flexibility index (Phi) is 6.82. The van der Waals surface area contributed by atoms with Crippen LogP contribution in [0.5, 0.6) is 0 Å². The zero-order chi connectivity index (χ0) is 14.6. The van der Waals surface area contributed by atoms with Crippen LogP contribution in [0.25, 0.3) is 0 Å². The number of thioether (sulfide) groups is 1. The number of hydrogen-bond acceptors (Lipinski definition) is 4. The summed E-state index contributed by atoms with van der Waals surface area (Å²) in [7, 11) is 0. The number of nitrogens with one attached hydrogen (secondary N) is 2. The summed E-state index contributed by atoms with van der Waals surface area (Å²) >= 11 is 1.78. The molecular weight excluding hydrogens is 329 g/mol. The second-order valence-electron chi connectivity index (χ2n) is 4.52. The fraction of sp³-hybridized carbons (Fsp3) is 0.636. The van der Waals surface area contributed by atoms with Gasteiger partial charge in [0.15, 0.2) is 0 Å². The van der Waals surface area contributed by atoms with Gasteiger partial charge in [-0.2, -0.15) is 30.0 Å². The first-order chi connectivity index (χ1) is 9.42. The Morgan fingerprint density at radius 3 is 2.95 bits per heavy atom. The van der Waals surface area contributed by atoms with E-state index in [1.54, 1.807) is 11.8 Å². The molecule has 1 aromatic heterocycles. The van der Waals surface area contributed by atoms with E-state index in [-0.39, 0.29) is 30.0 Å². The summed E-state index contributed by atoms with van der Waals surface area (Å²) in [6.07, 6.45) is -1.63. The molecule has 21 heavy (non-hydrogen) atoms. The highest BCUT2D eigenvalue weighted by atomic mass is 35.5. The Bertz CT molecular complexity index is 463. The Hall–Kier alpha value is -0.930. The Balaban J connectivity index is 0.00000220. The van der Waals surface area contributed by atoms with Gasteiger partial charge in [0.25, 0.3) is 0 Å². The molecule has 1 amide bonds. The third-order valence-electron chi connectivity index (χ3n) is 2.69. The summed E-state index contributed by atoms with van der Waals surface area (Å²) in [5.41, 5.74) is 0.280. The largest absolute Gasteiger partial charge is 0.408 e. The molecular formula is C11H16ClF3N4OS. The van der Waals surface area contributed by atoms with E-state index in [1.165, 1.54) is 12.4 Å². The van der Waals surface area contributed by atoms with Crippen LogP contribution in [0.4, 0.5) is 18.9 Å². The maximum Gasteiger partial charge on any atom is 0.408 e. The number of aromatic nitrogens is 2.